The Kier molecular flexibility index (Phi) is 4.58. The number of nitrogens with one attached hydrogen (secondary N) is 2. The van der Waals surface area contributed by atoms with Gasteiger partial charge in [0.25, 0.3) is 0 Å². The van der Waals surface area contributed by atoms with Gasteiger partial charge < -0.3 is 15.5 Å². The van der Waals surface area contributed by atoms with Crippen molar-refractivity contribution in [3.05, 3.63) is 11.9 Å². The maximum atomic E-state index is 4.51. The molecule has 2 saturated heterocycles. The van der Waals surface area contributed by atoms with Gasteiger partial charge in [0.1, 0.15) is 18.0 Å². The highest BCUT2D eigenvalue weighted by molar-refractivity contribution is 5.57. The second-order valence-corrected chi connectivity index (χ2v) is 6.25. The summed E-state index contributed by atoms with van der Waals surface area (Å²) < 4.78 is 0. The van der Waals surface area contributed by atoms with Crippen LogP contribution in [-0.2, 0) is 6.42 Å². The lowest BCUT2D eigenvalue weighted by molar-refractivity contribution is 0.188. The molecule has 0 bridgehead atoms. The van der Waals surface area contributed by atoms with Gasteiger partial charge in [-0.05, 0) is 38.6 Å². The lowest BCUT2D eigenvalue weighted by Gasteiger charge is -2.35. The lowest BCUT2D eigenvalue weighted by atomic mass is 9.97. The number of rotatable bonds is 5. The van der Waals surface area contributed by atoms with E-state index in [2.05, 4.69) is 32.4 Å². The van der Waals surface area contributed by atoms with Crippen LogP contribution in [0.4, 0.5) is 11.6 Å². The van der Waals surface area contributed by atoms with Gasteiger partial charge in [0, 0.05) is 31.2 Å². The Balaban J connectivity index is 1.72. The van der Waals surface area contributed by atoms with Crippen molar-refractivity contribution in [1.82, 2.24) is 14.9 Å². The summed E-state index contributed by atoms with van der Waals surface area (Å²) >= 11 is 0. The first-order valence-electron chi connectivity index (χ1n) is 8.34. The molecule has 1 aromatic heterocycles. The smallest absolute Gasteiger partial charge is 0.134 e. The van der Waals surface area contributed by atoms with E-state index in [1.165, 1.54) is 44.3 Å². The average molecular weight is 289 g/mol. The molecule has 2 atom stereocenters. The summed E-state index contributed by atoms with van der Waals surface area (Å²) in [6.07, 6.45) is 9.00. The Morgan fingerprint density at radius 2 is 2.10 bits per heavy atom. The molecule has 1 aromatic rings. The second-order valence-electron chi connectivity index (χ2n) is 6.25. The molecule has 0 aromatic carbocycles. The van der Waals surface area contributed by atoms with E-state index in [9.17, 15) is 0 Å². The van der Waals surface area contributed by atoms with Gasteiger partial charge in [-0.2, -0.15) is 0 Å². The van der Waals surface area contributed by atoms with Crippen LogP contribution in [0, 0.1) is 0 Å². The molecule has 2 aliphatic rings. The van der Waals surface area contributed by atoms with Gasteiger partial charge in [-0.15, -0.1) is 0 Å². The summed E-state index contributed by atoms with van der Waals surface area (Å²) in [6.45, 7) is 4.73. The summed E-state index contributed by atoms with van der Waals surface area (Å²) in [5.41, 5.74) is 1.23. The molecule has 0 aliphatic carbocycles. The molecule has 3 heterocycles. The summed E-state index contributed by atoms with van der Waals surface area (Å²) in [5.74, 6) is 2.00. The van der Waals surface area contributed by atoms with Crippen molar-refractivity contribution in [1.29, 1.82) is 0 Å². The zero-order valence-electron chi connectivity index (χ0n) is 13.2. The van der Waals surface area contributed by atoms with Gasteiger partial charge in [-0.3, -0.25) is 0 Å². The average Bonchev–Trinajstić information content (AvgIpc) is 2.96. The van der Waals surface area contributed by atoms with Gasteiger partial charge in [0.05, 0.1) is 0 Å². The van der Waals surface area contributed by atoms with E-state index in [4.69, 9.17) is 0 Å². The van der Waals surface area contributed by atoms with Crippen LogP contribution in [0.2, 0.25) is 0 Å². The van der Waals surface area contributed by atoms with E-state index in [1.807, 2.05) is 7.05 Å². The topological polar surface area (TPSA) is 53.1 Å². The normalized spacial score (nSPS) is 25.6. The summed E-state index contributed by atoms with van der Waals surface area (Å²) in [4.78, 5) is 11.5. The van der Waals surface area contributed by atoms with Crippen molar-refractivity contribution in [3.63, 3.8) is 0 Å². The SMILES string of the molecule is CCCc1c(NC)ncnc1NC1CCN2CCCC2C1. The van der Waals surface area contributed by atoms with Crippen LogP contribution in [-0.4, -0.2) is 47.1 Å². The van der Waals surface area contributed by atoms with Crippen molar-refractivity contribution in [2.24, 2.45) is 0 Å². The number of hydrogen-bond acceptors (Lipinski definition) is 5. The number of aromatic nitrogens is 2. The van der Waals surface area contributed by atoms with Gasteiger partial charge in [0.2, 0.25) is 0 Å². The third kappa shape index (κ3) is 3.12. The largest absolute Gasteiger partial charge is 0.373 e. The minimum absolute atomic E-state index is 0.555. The molecule has 0 spiro atoms. The van der Waals surface area contributed by atoms with E-state index in [0.717, 1.165) is 30.5 Å². The first-order chi connectivity index (χ1) is 10.3. The highest BCUT2D eigenvalue weighted by atomic mass is 15.2. The molecule has 116 valence electrons. The predicted molar refractivity (Wildman–Crippen MR) is 86.8 cm³/mol. The third-order valence-electron chi connectivity index (χ3n) is 4.84. The zero-order chi connectivity index (χ0) is 14.7. The second kappa shape index (κ2) is 6.60. The standard InChI is InChI=1S/C16H27N5/c1-3-5-14-15(17-2)18-11-19-16(14)20-12-7-9-21-8-4-6-13(21)10-12/h11-13H,3-10H2,1-2H3,(H2,17,18,19,20). The van der Waals surface area contributed by atoms with Crippen molar-refractivity contribution in [2.75, 3.05) is 30.8 Å². The fourth-order valence-electron chi connectivity index (χ4n) is 3.79. The van der Waals surface area contributed by atoms with Crippen LogP contribution in [0.3, 0.4) is 0 Å². The molecule has 3 rings (SSSR count). The van der Waals surface area contributed by atoms with Gasteiger partial charge in [0.15, 0.2) is 0 Å². The van der Waals surface area contributed by atoms with Crippen LogP contribution in [0.25, 0.3) is 0 Å². The number of piperidine rings is 1. The maximum absolute atomic E-state index is 4.51. The molecule has 21 heavy (non-hydrogen) atoms. The number of fused-ring (bicyclic) bond motifs is 1. The fourth-order valence-corrected chi connectivity index (χ4v) is 3.79. The molecule has 0 saturated carbocycles. The number of nitrogens with zero attached hydrogens (tertiary/aromatic N) is 3. The molecule has 2 aliphatic heterocycles. The Bertz CT molecular complexity index is 476. The molecule has 5 nitrogen and oxygen atoms in total. The van der Waals surface area contributed by atoms with Crippen LogP contribution in [0.5, 0.6) is 0 Å². The van der Waals surface area contributed by atoms with Crippen LogP contribution < -0.4 is 10.6 Å². The summed E-state index contributed by atoms with van der Waals surface area (Å²) in [5, 5.41) is 6.90. The van der Waals surface area contributed by atoms with Crippen LogP contribution in [0.1, 0.15) is 44.6 Å². The van der Waals surface area contributed by atoms with Crippen molar-refractivity contribution in [3.8, 4) is 0 Å². The number of hydrogen-bond donors (Lipinski definition) is 2. The monoisotopic (exact) mass is 289 g/mol. The van der Waals surface area contributed by atoms with E-state index < -0.39 is 0 Å². The summed E-state index contributed by atoms with van der Waals surface area (Å²) in [6, 6.07) is 1.34. The molecule has 2 unspecified atom stereocenters. The zero-order valence-corrected chi connectivity index (χ0v) is 13.2. The van der Waals surface area contributed by atoms with E-state index in [1.54, 1.807) is 6.33 Å². The first-order valence-corrected chi connectivity index (χ1v) is 8.34. The molecular formula is C16H27N5. The first kappa shape index (κ1) is 14.6. The molecule has 2 N–H and O–H groups in total. The molecule has 2 fully saturated rings. The molecule has 5 heteroatoms. The molecule has 0 radical (unpaired) electrons. The van der Waals surface area contributed by atoms with Crippen molar-refractivity contribution in [2.45, 2.75) is 57.5 Å². The lowest BCUT2D eigenvalue weighted by Crippen LogP contribution is -2.43. The highest BCUT2D eigenvalue weighted by Crippen LogP contribution is 2.29. The molecular weight excluding hydrogens is 262 g/mol. The van der Waals surface area contributed by atoms with Gasteiger partial charge in [-0.1, -0.05) is 13.3 Å². The third-order valence-corrected chi connectivity index (χ3v) is 4.84. The quantitative estimate of drug-likeness (QED) is 0.872. The Hall–Kier alpha value is -1.36. The molecule has 0 amide bonds. The van der Waals surface area contributed by atoms with Gasteiger partial charge in [-0.25, -0.2) is 9.97 Å². The van der Waals surface area contributed by atoms with E-state index >= 15 is 0 Å². The predicted octanol–water partition coefficient (Wildman–Crippen LogP) is 2.51. The van der Waals surface area contributed by atoms with Crippen molar-refractivity contribution >= 4 is 11.6 Å². The fraction of sp³-hybridized carbons (Fsp3) is 0.750. The van der Waals surface area contributed by atoms with Crippen LogP contribution >= 0.6 is 0 Å². The van der Waals surface area contributed by atoms with E-state index in [0.29, 0.717) is 6.04 Å². The summed E-state index contributed by atoms with van der Waals surface area (Å²) in [7, 11) is 1.93. The van der Waals surface area contributed by atoms with Gasteiger partial charge >= 0.3 is 0 Å². The Morgan fingerprint density at radius 1 is 1.24 bits per heavy atom. The Morgan fingerprint density at radius 3 is 2.90 bits per heavy atom. The number of anilines is 2. The van der Waals surface area contributed by atoms with E-state index in [-0.39, 0.29) is 0 Å². The Labute approximate surface area is 127 Å². The minimum atomic E-state index is 0.555. The minimum Gasteiger partial charge on any atom is -0.373 e. The highest BCUT2D eigenvalue weighted by Gasteiger charge is 2.32. The maximum Gasteiger partial charge on any atom is 0.134 e. The van der Waals surface area contributed by atoms with Crippen molar-refractivity contribution < 1.29 is 0 Å². The van der Waals surface area contributed by atoms with Crippen LogP contribution in [0.15, 0.2) is 6.33 Å².